The minimum absolute atomic E-state index is 0.110. The normalized spacial score (nSPS) is 22.4. The van der Waals surface area contributed by atoms with Crippen LogP contribution in [0.2, 0.25) is 0 Å². The molecule has 0 bridgehead atoms. The van der Waals surface area contributed by atoms with Gasteiger partial charge in [0, 0.05) is 48.1 Å². The monoisotopic (exact) mass is 544 g/mol. The van der Waals surface area contributed by atoms with Crippen LogP contribution in [0.1, 0.15) is 49.4 Å². The first-order valence-corrected chi connectivity index (χ1v) is 15.3. The topological polar surface area (TPSA) is 67.8 Å². The van der Waals surface area contributed by atoms with E-state index in [0.29, 0.717) is 41.9 Å². The number of benzene rings is 2. The van der Waals surface area contributed by atoms with Crippen molar-refractivity contribution in [1.29, 1.82) is 0 Å². The van der Waals surface area contributed by atoms with E-state index < -0.39 is 5.67 Å². The molecule has 2 aromatic rings. The number of amides is 1. The van der Waals surface area contributed by atoms with Crippen LogP contribution in [0, 0.1) is 5.41 Å². The van der Waals surface area contributed by atoms with Gasteiger partial charge < -0.3 is 24.9 Å². The Kier molecular flexibility index (Phi) is 7.84. The van der Waals surface area contributed by atoms with Crippen molar-refractivity contribution >= 4 is 52.4 Å². The van der Waals surface area contributed by atoms with Gasteiger partial charge in [0.15, 0.2) is 0 Å². The second kappa shape index (κ2) is 10.9. The minimum Gasteiger partial charge on any atom is -0.395 e. The number of aliphatic hydroxyl groups is 1. The van der Waals surface area contributed by atoms with Crippen LogP contribution in [0.3, 0.4) is 0 Å². The molecule has 1 spiro atoms. The number of nitrogens with zero attached hydrogens (tertiary/aromatic N) is 2. The van der Waals surface area contributed by atoms with Gasteiger partial charge in [0.05, 0.1) is 30.1 Å². The van der Waals surface area contributed by atoms with Crippen molar-refractivity contribution in [2.75, 3.05) is 64.6 Å². The van der Waals surface area contributed by atoms with Crippen LogP contribution in [0.4, 0.5) is 27.1 Å². The Hall–Kier alpha value is -2.10. The summed E-state index contributed by atoms with van der Waals surface area (Å²) in [6.45, 7) is 4.71. The van der Waals surface area contributed by atoms with Crippen LogP contribution in [0.15, 0.2) is 41.3 Å². The van der Waals surface area contributed by atoms with Gasteiger partial charge in [-0.25, -0.2) is 4.39 Å². The summed E-state index contributed by atoms with van der Waals surface area (Å²) in [5.74, 6) is 0.451. The fraction of sp³-hybridized carbons (Fsp3) is 0.536. The van der Waals surface area contributed by atoms with Crippen molar-refractivity contribution in [2.45, 2.75) is 49.6 Å². The van der Waals surface area contributed by atoms with E-state index in [9.17, 15) is 9.18 Å². The number of thioether (sulfide) groups is 1. The SMILES string of the molecule is CSc1ccc(NC(=O)c2ccc(NSCCO)cc2N2CCC3(CC2)CC3)cc1N1CCC(C)(F)C1. The summed E-state index contributed by atoms with van der Waals surface area (Å²) in [7, 11) is 0. The van der Waals surface area contributed by atoms with E-state index in [0.717, 1.165) is 35.0 Å². The molecule has 37 heavy (non-hydrogen) atoms. The van der Waals surface area contributed by atoms with Gasteiger partial charge in [-0.05, 0) is 80.7 Å². The van der Waals surface area contributed by atoms with Gasteiger partial charge >= 0.3 is 0 Å². The first-order valence-electron chi connectivity index (χ1n) is 13.1. The Morgan fingerprint density at radius 1 is 1.00 bits per heavy atom. The fourth-order valence-corrected chi connectivity index (χ4v) is 6.56. The lowest BCUT2D eigenvalue weighted by Crippen LogP contribution is -2.35. The Bertz CT molecular complexity index is 1130. The summed E-state index contributed by atoms with van der Waals surface area (Å²) < 4.78 is 17.9. The maximum absolute atomic E-state index is 14.6. The molecular formula is C28H37FN4O2S2. The summed E-state index contributed by atoms with van der Waals surface area (Å²) in [5.41, 5.74) is 3.56. The zero-order chi connectivity index (χ0) is 26.0. The molecule has 1 amide bonds. The molecule has 1 unspecified atom stereocenters. The summed E-state index contributed by atoms with van der Waals surface area (Å²) in [6.07, 6.45) is 7.55. The third kappa shape index (κ3) is 6.15. The van der Waals surface area contributed by atoms with Gasteiger partial charge in [0.2, 0.25) is 0 Å². The third-order valence-corrected chi connectivity index (χ3v) is 9.50. The van der Waals surface area contributed by atoms with E-state index in [2.05, 4.69) is 25.9 Å². The van der Waals surface area contributed by atoms with Crippen LogP contribution in [-0.4, -0.2) is 61.5 Å². The molecule has 6 nitrogen and oxygen atoms in total. The van der Waals surface area contributed by atoms with Crippen molar-refractivity contribution < 1.29 is 14.3 Å². The summed E-state index contributed by atoms with van der Waals surface area (Å²) in [5, 5.41) is 12.2. The maximum Gasteiger partial charge on any atom is 0.257 e. The molecule has 9 heteroatoms. The first-order chi connectivity index (χ1) is 17.8. The van der Waals surface area contributed by atoms with E-state index in [1.165, 1.54) is 37.6 Å². The average molecular weight is 545 g/mol. The van der Waals surface area contributed by atoms with E-state index in [1.807, 2.05) is 36.6 Å². The van der Waals surface area contributed by atoms with Crippen molar-refractivity contribution in [3.05, 3.63) is 42.0 Å². The molecule has 2 saturated heterocycles. The van der Waals surface area contributed by atoms with Gasteiger partial charge in [-0.2, -0.15) is 0 Å². The van der Waals surface area contributed by atoms with E-state index in [4.69, 9.17) is 5.11 Å². The molecule has 2 aliphatic heterocycles. The highest BCUT2D eigenvalue weighted by atomic mass is 32.2. The molecule has 200 valence electrons. The molecule has 2 heterocycles. The number of carbonyl (C=O) groups is 1. The molecule has 3 fully saturated rings. The predicted octanol–water partition coefficient (Wildman–Crippen LogP) is 6.03. The lowest BCUT2D eigenvalue weighted by atomic mass is 9.93. The maximum atomic E-state index is 14.6. The van der Waals surface area contributed by atoms with Gasteiger partial charge in [-0.1, -0.05) is 11.9 Å². The number of aliphatic hydroxyl groups excluding tert-OH is 1. The van der Waals surface area contributed by atoms with Crippen molar-refractivity contribution in [3.8, 4) is 0 Å². The molecule has 0 radical (unpaired) electrons. The Morgan fingerprint density at radius 3 is 2.35 bits per heavy atom. The quantitative estimate of drug-likeness (QED) is 0.202. The fourth-order valence-electron chi connectivity index (χ4n) is 5.47. The number of hydrogen-bond acceptors (Lipinski definition) is 7. The van der Waals surface area contributed by atoms with Crippen LogP contribution in [-0.2, 0) is 0 Å². The Balaban J connectivity index is 1.37. The number of carbonyl (C=O) groups excluding carboxylic acids is 1. The minimum atomic E-state index is -1.19. The predicted molar refractivity (Wildman–Crippen MR) is 155 cm³/mol. The first kappa shape index (κ1) is 26.5. The molecule has 3 N–H and O–H groups in total. The smallest absolute Gasteiger partial charge is 0.257 e. The zero-order valence-corrected chi connectivity index (χ0v) is 23.3. The van der Waals surface area contributed by atoms with E-state index in [1.54, 1.807) is 18.7 Å². The Labute approximate surface area is 227 Å². The van der Waals surface area contributed by atoms with Crippen molar-refractivity contribution in [3.63, 3.8) is 0 Å². The van der Waals surface area contributed by atoms with Gasteiger partial charge in [0.1, 0.15) is 5.67 Å². The van der Waals surface area contributed by atoms with Crippen LogP contribution in [0.5, 0.6) is 0 Å². The highest BCUT2D eigenvalue weighted by molar-refractivity contribution is 8.00. The van der Waals surface area contributed by atoms with E-state index >= 15 is 0 Å². The number of alkyl halides is 1. The van der Waals surface area contributed by atoms with Crippen molar-refractivity contribution in [2.24, 2.45) is 5.41 Å². The van der Waals surface area contributed by atoms with Crippen LogP contribution < -0.4 is 19.8 Å². The number of hydrogen-bond donors (Lipinski definition) is 3. The summed E-state index contributed by atoms with van der Waals surface area (Å²) in [6, 6.07) is 11.8. The largest absolute Gasteiger partial charge is 0.395 e. The lowest BCUT2D eigenvalue weighted by molar-refractivity contribution is 0.102. The average Bonchev–Trinajstić information content (AvgIpc) is 3.55. The highest BCUT2D eigenvalue weighted by Gasteiger charge is 2.44. The summed E-state index contributed by atoms with van der Waals surface area (Å²) >= 11 is 3.09. The van der Waals surface area contributed by atoms with Gasteiger partial charge in [-0.3, -0.25) is 4.79 Å². The number of nitrogens with one attached hydrogen (secondary N) is 2. The standard InChI is InChI=1S/C28H37FN4O2S2/c1-27(29)9-12-33(19-27)24-17-20(4-6-25(24)36-2)30-26(35)22-5-3-21(31-37-16-15-34)18-23(22)32-13-10-28(7-8-28)11-14-32/h3-6,17-18,31,34H,7-16,19H2,1-2H3,(H,30,35). The number of halogens is 1. The van der Waals surface area contributed by atoms with Gasteiger partial charge in [-0.15, -0.1) is 11.8 Å². The number of anilines is 4. The molecule has 0 aromatic heterocycles. The van der Waals surface area contributed by atoms with Crippen LogP contribution in [0.25, 0.3) is 0 Å². The molecule has 5 rings (SSSR count). The molecule has 1 aliphatic carbocycles. The molecule has 2 aromatic carbocycles. The van der Waals surface area contributed by atoms with E-state index in [-0.39, 0.29) is 12.5 Å². The second-order valence-corrected chi connectivity index (χ2v) is 12.6. The lowest BCUT2D eigenvalue weighted by Gasteiger charge is -2.35. The molecule has 1 saturated carbocycles. The number of rotatable bonds is 9. The van der Waals surface area contributed by atoms with Gasteiger partial charge in [0.25, 0.3) is 5.91 Å². The third-order valence-electron chi connectivity index (χ3n) is 7.95. The summed E-state index contributed by atoms with van der Waals surface area (Å²) in [4.78, 5) is 19.1. The molecule has 1 atom stereocenters. The molecule has 3 aliphatic rings. The number of piperidine rings is 1. The Morgan fingerprint density at radius 2 is 1.70 bits per heavy atom. The van der Waals surface area contributed by atoms with Crippen LogP contribution >= 0.6 is 23.7 Å². The highest BCUT2D eigenvalue weighted by Crippen LogP contribution is 2.54. The second-order valence-electron chi connectivity index (χ2n) is 10.8. The zero-order valence-electron chi connectivity index (χ0n) is 21.7. The molecular weight excluding hydrogens is 507 g/mol. The van der Waals surface area contributed by atoms with Crippen molar-refractivity contribution in [1.82, 2.24) is 0 Å².